The third kappa shape index (κ3) is 2.59. The Morgan fingerprint density at radius 2 is 1.88 bits per heavy atom. The maximum absolute atomic E-state index is 11.5. The van der Waals surface area contributed by atoms with Gasteiger partial charge in [-0.2, -0.15) is 0 Å². The number of hydrogen-bond acceptors (Lipinski definition) is 5. The number of carbonyl (C=O) groups excluding carboxylic acids is 2. The number of hydrogen-bond donors (Lipinski definition) is 0. The number of morpholine rings is 1. The first-order valence-corrected chi connectivity index (χ1v) is 5.74. The third-order valence-electron chi connectivity index (χ3n) is 2.16. The first-order chi connectivity index (χ1) is 8.22. The zero-order valence-corrected chi connectivity index (χ0v) is 10.0. The van der Waals surface area contributed by atoms with Crippen LogP contribution in [0.5, 0.6) is 5.75 Å². The van der Waals surface area contributed by atoms with Gasteiger partial charge in [0.1, 0.15) is 19.0 Å². The molecule has 0 radical (unpaired) electrons. The predicted octanol–water partition coefficient (Wildman–Crippen LogP) is 1.09. The molecular formula is C11H11NO4S. The molecule has 1 aromatic carbocycles. The van der Waals surface area contributed by atoms with Gasteiger partial charge in [0, 0.05) is 11.9 Å². The largest absolute Gasteiger partial charge is 0.496 e. The molecule has 1 fully saturated rings. The van der Waals surface area contributed by atoms with Gasteiger partial charge in [0.2, 0.25) is 0 Å². The van der Waals surface area contributed by atoms with Crippen molar-refractivity contribution in [1.82, 2.24) is 4.31 Å². The second kappa shape index (κ2) is 5.20. The van der Waals surface area contributed by atoms with Crippen molar-refractivity contribution in [3.63, 3.8) is 0 Å². The van der Waals surface area contributed by atoms with Gasteiger partial charge in [0.25, 0.3) is 11.8 Å². The summed E-state index contributed by atoms with van der Waals surface area (Å²) in [4.78, 5) is 23.8. The van der Waals surface area contributed by atoms with E-state index >= 15 is 0 Å². The second-order valence-electron chi connectivity index (χ2n) is 3.32. The Hall–Kier alpha value is -1.53. The summed E-state index contributed by atoms with van der Waals surface area (Å²) in [7, 11) is 1.54. The number of benzene rings is 1. The topological polar surface area (TPSA) is 55.8 Å². The Balaban J connectivity index is 2.19. The fraction of sp³-hybridized carbons (Fsp3) is 0.273. The van der Waals surface area contributed by atoms with Crippen LogP contribution in [0.2, 0.25) is 0 Å². The zero-order chi connectivity index (χ0) is 12.3. The van der Waals surface area contributed by atoms with Crippen molar-refractivity contribution in [3.8, 4) is 5.75 Å². The van der Waals surface area contributed by atoms with Crippen LogP contribution in [0, 0.1) is 0 Å². The maximum atomic E-state index is 11.5. The highest BCUT2D eigenvalue weighted by Crippen LogP contribution is 2.32. The maximum Gasteiger partial charge on any atom is 0.265 e. The summed E-state index contributed by atoms with van der Waals surface area (Å²) >= 11 is 1.06. The average molecular weight is 253 g/mol. The number of amides is 2. The van der Waals surface area contributed by atoms with Crippen molar-refractivity contribution in [3.05, 3.63) is 24.3 Å². The van der Waals surface area contributed by atoms with Gasteiger partial charge in [-0.15, -0.1) is 0 Å². The quantitative estimate of drug-likeness (QED) is 0.596. The molecule has 0 bridgehead atoms. The highest BCUT2D eigenvalue weighted by atomic mass is 32.2. The van der Waals surface area contributed by atoms with E-state index < -0.39 is 0 Å². The van der Waals surface area contributed by atoms with Gasteiger partial charge in [-0.25, -0.2) is 4.31 Å². The van der Waals surface area contributed by atoms with E-state index in [1.165, 1.54) is 0 Å². The molecule has 2 rings (SSSR count). The minimum absolute atomic E-state index is 0.0616. The van der Waals surface area contributed by atoms with Crippen LogP contribution >= 0.6 is 11.9 Å². The minimum Gasteiger partial charge on any atom is -0.496 e. The molecule has 0 spiro atoms. The molecule has 0 aliphatic carbocycles. The van der Waals surface area contributed by atoms with Crippen LogP contribution in [0.15, 0.2) is 29.2 Å². The number of methoxy groups -OCH3 is 1. The molecule has 17 heavy (non-hydrogen) atoms. The summed E-state index contributed by atoms with van der Waals surface area (Å²) in [5.74, 6) is -0.0705. The fourth-order valence-corrected chi connectivity index (χ4v) is 2.26. The molecule has 1 aliphatic heterocycles. The Bertz CT molecular complexity index is 433. The van der Waals surface area contributed by atoms with Crippen LogP contribution in [-0.4, -0.2) is 36.4 Å². The van der Waals surface area contributed by atoms with Gasteiger partial charge in [-0.1, -0.05) is 12.1 Å². The summed E-state index contributed by atoms with van der Waals surface area (Å²) < 4.78 is 11.1. The van der Waals surface area contributed by atoms with Crippen molar-refractivity contribution in [2.24, 2.45) is 0 Å². The van der Waals surface area contributed by atoms with E-state index in [2.05, 4.69) is 0 Å². The molecule has 1 aromatic rings. The lowest BCUT2D eigenvalue weighted by Gasteiger charge is -2.23. The summed E-state index contributed by atoms with van der Waals surface area (Å²) in [5, 5.41) is 0. The average Bonchev–Trinajstić information content (AvgIpc) is 2.34. The van der Waals surface area contributed by atoms with Gasteiger partial charge < -0.3 is 9.47 Å². The van der Waals surface area contributed by atoms with Crippen LogP contribution in [-0.2, 0) is 14.3 Å². The molecule has 5 nitrogen and oxygen atoms in total. The zero-order valence-electron chi connectivity index (χ0n) is 9.21. The predicted molar refractivity (Wildman–Crippen MR) is 61.5 cm³/mol. The van der Waals surface area contributed by atoms with Crippen molar-refractivity contribution < 1.29 is 19.1 Å². The molecule has 0 aromatic heterocycles. The van der Waals surface area contributed by atoms with Gasteiger partial charge in [-0.05, 0) is 12.1 Å². The van der Waals surface area contributed by atoms with Crippen LogP contribution in [0.3, 0.4) is 0 Å². The number of para-hydroxylation sites is 1. The molecule has 90 valence electrons. The molecule has 0 unspecified atom stereocenters. The summed E-state index contributed by atoms with van der Waals surface area (Å²) in [5.41, 5.74) is 0. The van der Waals surface area contributed by atoms with E-state index in [1.807, 2.05) is 12.1 Å². The third-order valence-corrected chi connectivity index (χ3v) is 3.29. The highest BCUT2D eigenvalue weighted by Gasteiger charge is 2.28. The summed E-state index contributed by atoms with van der Waals surface area (Å²) in [6.45, 7) is -0.123. The van der Waals surface area contributed by atoms with Gasteiger partial charge >= 0.3 is 0 Å². The van der Waals surface area contributed by atoms with E-state index in [4.69, 9.17) is 9.47 Å². The van der Waals surface area contributed by atoms with Crippen LogP contribution in [0.4, 0.5) is 0 Å². The molecule has 1 heterocycles. The van der Waals surface area contributed by atoms with Crippen LogP contribution in [0.1, 0.15) is 0 Å². The lowest BCUT2D eigenvalue weighted by atomic mass is 10.3. The molecule has 0 N–H and O–H groups in total. The molecule has 1 saturated heterocycles. The normalized spacial score (nSPS) is 16.2. The standard InChI is InChI=1S/C11H11NO4S/c1-15-8-4-2-3-5-9(8)17-12-10(13)6-16-7-11(12)14/h2-5H,6-7H2,1H3. The van der Waals surface area contributed by atoms with Crippen LogP contribution < -0.4 is 4.74 Å². The van der Waals surface area contributed by atoms with Crippen LogP contribution in [0.25, 0.3) is 0 Å². The summed E-state index contributed by atoms with van der Waals surface area (Å²) in [6, 6.07) is 7.21. The molecule has 1 aliphatic rings. The first-order valence-electron chi connectivity index (χ1n) is 4.97. The van der Waals surface area contributed by atoms with E-state index in [1.54, 1.807) is 19.2 Å². The van der Waals surface area contributed by atoms with Crippen molar-refractivity contribution in [1.29, 1.82) is 0 Å². The fourth-order valence-electron chi connectivity index (χ4n) is 1.38. The molecule has 2 amide bonds. The molecule has 0 atom stereocenters. The first kappa shape index (κ1) is 11.9. The Morgan fingerprint density at radius 1 is 1.24 bits per heavy atom. The number of ether oxygens (including phenoxy) is 2. The Morgan fingerprint density at radius 3 is 2.53 bits per heavy atom. The number of nitrogens with zero attached hydrogens (tertiary/aromatic N) is 1. The smallest absolute Gasteiger partial charge is 0.265 e. The van der Waals surface area contributed by atoms with Gasteiger partial charge in [-0.3, -0.25) is 9.59 Å². The van der Waals surface area contributed by atoms with E-state index in [-0.39, 0.29) is 25.0 Å². The lowest BCUT2D eigenvalue weighted by Crippen LogP contribution is -2.41. The SMILES string of the molecule is COc1ccccc1SN1C(=O)COCC1=O. The Kier molecular flexibility index (Phi) is 3.65. The number of carbonyl (C=O) groups is 2. The minimum atomic E-state index is -0.350. The van der Waals surface area contributed by atoms with Gasteiger partial charge in [0.05, 0.1) is 12.0 Å². The number of rotatable bonds is 3. The highest BCUT2D eigenvalue weighted by molar-refractivity contribution is 7.98. The van der Waals surface area contributed by atoms with E-state index in [0.717, 1.165) is 21.1 Å². The number of imide groups is 1. The second-order valence-corrected chi connectivity index (χ2v) is 4.30. The molecule has 6 heteroatoms. The molecule has 0 saturated carbocycles. The lowest BCUT2D eigenvalue weighted by molar-refractivity contribution is -0.150. The van der Waals surface area contributed by atoms with Crippen molar-refractivity contribution in [2.75, 3.05) is 20.3 Å². The monoisotopic (exact) mass is 253 g/mol. The Labute approximate surface area is 103 Å². The summed E-state index contributed by atoms with van der Waals surface area (Å²) in [6.07, 6.45) is 0. The van der Waals surface area contributed by atoms with Crippen molar-refractivity contribution in [2.45, 2.75) is 4.90 Å². The van der Waals surface area contributed by atoms with Gasteiger partial charge in [0.15, 0.2) is 0 Å². The van der Waals surface area contributed by atoms with Crippen molar-refractivity contribution >= 4 is 23.8 Å². The molecular weight excluding hydrogens is 242 g/mol. The van der Waals surface area contributed by atoms with E-state index in [0.29, 0.717) is 5.75 Å². The van der Waals surface area contributed by atoms with E-state index in [9.17, 15) is 9.59 Å².